The lowest BCUT2D eigenvalue weighted by Crippen LogP contribution is -2.36. The fraction of sp³-hybridized carbons (Fsp3) is 0.417. The molecule has 0 bridgehead atoms. The third-order valence-electron chi connectivity index (χ3n) is 2.27. The molecule has 0 aliphatic rings. The minimum atomic E-state index is -4.51. The van der Waals surface area contributed by atoms with Gasteiger partial charge in [-0.3, -0.25) is 4.79 Å². The Labute approximate surface area is 112 Å². The predicted octanol–water partition coefficient (Wildman–Crippen LogP) is 1.94. The fourth-order valence-corrected chi connectivity index (χ4v) is 1.37. The zero-order chi connectivity index (χ0) is 15.3. The second kappa shape index (κ2) is 6.56. The van der Waals surface area contributed by atoms with Gasteiger partial charge in [0.15, 0.2) is 6.61 Å². The molecule has 1 amide bonds. The molecule has 0 radical (unpaired) electrons. The summed E-state index contributed by atoms with van der Waals surface area (Å²) < 4.78 is 53.5. The smallest absolute Gasteiger partial charge is 0.405 e. The first-order valence-corrected chi connectivity index (χ1v) is 5.63. The van der Waals surface area contributed by atoms with Crippen molar-refractivity contribution < 1.29 is 32.2 Å². The maximum Gasteiger partial charge on any atom is 0.405 e. The SMILES string of the molecule is C[C@@H](O)c1ccc(F)cc1OCC(=O)NCC(F)(F)F. The zero-order valence-corrected chi connectivity index (χ0v) is 10.5. The maximum absolute atomic E-state index is 13.0. The van der Waals surface area contributed by atoms with Gasteiger partial charge in [-0.05, 0) is 19.1 Å². The molecule has 0 spiro atoms. The number of benzene rings is 1. The van der Waals surface area contributed by atoms with Crippen molar-refractivity contribution in [3.05, 3.63) is 29.6 Å². The van der Waals surface area contributed by atoms with Crippen LogP contribution >= 0.6 is 0 Å². The second-order valence-corrected chi connectivity index (χ2v) is 4.04. The molecule has 0 fully saturated rings. The van der Waals surface area contributed by atoms with Gasteiger partial charge in [-0.25, -0.2) is 4.39 Å². The van der Waals surface area contributed by atoms with Crippen LogP contribution in [-0.2, 0) is 4.79 Å². The molecular weight excluding hydrogens is 282 g/mol. The Kier molecular flexibility index (Phi) is 5.32. The summed E-state index contributed by atoms with van der Waals surface area (Å²) in [4.78, 5) is 11.1. The Morgan fingerprint density at radius 2 is 2.10 bits per heavy atom. The predicted molar refractivity (Wildman–Crippen MR) is 61.6 cm³/mol. The van der Waals surface area contributed by atoms with E-state index in [1.807, 2.05) is 0 Å². The van der Waals surface area contributed by atoms with Gasteiger partial charge in [-0.15, -0.1) is 0 Å². The lowest BCUT2D eigenvalue weighted by Gasteiger charge is -2.14. The van der Waals surface area contributed by atoms with E-state index >= 15 is 0 Å². The summed E-state index contributed by atoms with van der Waals surface area (Å²) in [7, 11) is 0. The number of ether oxygens (including phenoxy) is 1. The number of hydrogen-bond acceptors (Lipinski definition) is 3. The molecule has 0 aromatic heterocycles. The Hall–Kier alpha value is -1.83. The van der Waals surface area contributed by atoms with E-state index < -0.39 is 37.2 Å². The van der Waals surface area contributed by atoms with Crippen LogP contribution in [0.3, 0.4) is 0 Å². The van der Waals surface area contributed by atoms with E-state index in [0.717, 1.165) is 12.1 Å². The quantitative estimate of drug-likeness (QED) is 0.816. The molecule has 4 nitrogen and oxygen atoms in total. The van der Waals surface area contributed by atoms with Crippen molar-refractivity contribution in [2.24, 2.45) is 0 Å². The maximum atomic E-state index is 13.0. The summed E-state index contributed by atoms with van der Waals surface area (Å²) in [6.45, 7) is -0.773. The minimum Gasteiger partial charge on any atom is -0.483 e. The molecule has 0 saturated heterocycles. The number of amides is 1. The molecular formula is C12H13F4NO3. The highest BCUT2D eigenvalue weighted by atomic mass is 19.4. The van der Waals surface area contributed by atoms with Gasteiger partial charge in [0.25, 0.3) is 5.91 Å². The first kappa shape index (κ1) is 16.2. The third-order valence-corrected chi connectivity index (χ3v) is 2.27. The van der Waals surface area contributed by atoms with E-state index in [1.165, 1.54) is 13.0 Å². The standard InChI is InChI=1S/C12H13F4NO3/c1-7(18)9-3-2-8(13)4-10(9)20-5-11(19)17-6-12(14,15)16/h2-4,7,18H,5-6H2,1H3,(H,17,19)/t7-/m1/s1. The van der Waals surface area contributed by atoms with E-state index in [0.29, 0.717) is 0 Å². The Bertz CT molecular complexity index is 474. The Morgan fingerprint density at radius 1 is 1.45 bits per heavy atom. The van der Waals surface area contributed by atoms with Gasteiger partial charge in [0, 0.05) is 11.6 Å². The highest BCUT2D eigenvalue weighted by Crippen LogP contribution is 2.25. The molecule has 1 rings (SSSR count). The molecule has 1 atom stereocenters. The van der Waals surface area contributed by atoms with Gasteiger partial charge >= 0.3 is 6.18 Å². The van der Waals surface area contributed by atoms with Crippen LogP contribution in [0.4, 0.5) is 17.6 Å². The minimum absolute atomic E-state index is 0.0952. The average molecular weight is 295 g/mol. The molecule has 0 unspecified atom stereocenters. The van der Waals surface area contributed by atoms with Crippen molar-refractivity contribution >= 4 is 5.91 Å². The van der Waals surface area contributed by atoms with Crippen LogP contribution in [0.1, 0.15) is 18.6 Å². The molecule has 20 heavy (non-hydrogen) atoms. The highest BCUT2D eigenvalue weighted by Gasteiger charge is 2.27. The summed E-state index contributed by atoms with van der Waals surface area (Å²) in [5.74, 6) is -1.75. The molecule has 0 aliphatic carbocycles. The van der Waals surface area contributed by atoms with Crippen molar-refractivity contribution in [1.82, 2.24) is 5.32 Å². The monoisotopic (exact) mass is 295 g/mol. The summed E-state index contributed by atoms with van der Waals surface area (Å²) in [6.07, 6.45) is -5.48. The first-order valence-electron chi connectivity index (χ1n) is 5.63. The Balaban J connectivity index is 2.61. The van der Waals surface area contributed by atoms with Gasteiger partial charge in [0.05, 0.1) is 6.10 Å². The van der Waals surface area contributed by atoms with E-state index in [4.69, 9.17) is 4.74 Å². The van der Waals surface area contributed by atoms with Gasteiger partial charge in [0.2, 0.25) is 0 Å². The van der Waals surface area contributed by atoms with Crippen molar-refractivity contribution in [3.63, 3.8) is 0 Å². The van der Waals surface area contributed by atoms with E-state index in [2.05, 4.69) is 0 Å². The van der Waals surface area contributed by atoms with Gasteiger partial charge in [-0.1, -0.05) is 0 Å². The van der Waals surface area contributed by atoms with Crippen LogP contribution in [0.15, 0.2) is 18.2 Å². The van der Waals surface area contributed by atoms with Crippen LogP contribution in [0.2, 0.25) is 0 Å². The molecule has 1 aromatic carbocycles. The number of halogens is 4. The molecule has 0 aliphatic heterocycles. The molecule has 8 heteroatoms. The summed E-state index contributed by atoms with van der Waals surface area (Å²) in [6, 6.07) is 3.31. The number of aliphatic hydroxyl groups is 1. The van der Waals surface area contributed by atoms with Crippen molar-refractivity contribution in [1.29, 1.82) is 0 Å². The van der Waals surface area contributed by atoms with Crippen molar-refractivity contribution in [2.45, 2.75) is 19.2 Å². The summed E-state index contributed by atoms with van der Waals surface area (Å²) in [5.41, 5.74) is 0.232. The normalized spacial score (nSPS) is 12.9. The summed E-state index contributed by atoms with van der Waals surface area (Å²) >= 11 is 0. The fourth-order valence-electron chi connectivity index (χ4n) is 1.37. The number of hydrogen-bond donors (Lipinski definition) is 2. The largest absolute Gasteiger partial charge is 0.483 e. The summed E-state index contributed by atoms with van der Waals surface area (Å²) in [5, 5.41) is 11.0. The van der Waals surface area contributed by atoms with Gasteiger partial charge in [-0.2, -0.15) is 13.2 Å². The number of carbonyl (C=O) groups excluding carboxylic acids is 1. The number of carbonyl (C=O) groups is 1. The molecule has 0 saturated carbocycles. The topological polar surface area (TPSA) is 58.6 Å². The Morgan fingerprint density at radius 3 is 2.65 bits per heavy atom. The molecule has 0 heterocycles. The van der Waals surface area contributed by atoms with Gasteiger partial charge in [0.1, 0.15) is 18.1 Å². The number of alkyl halides is 3. The van der Waals surface area contributed by atoms with Crippen molar-refractivity contribution in [3.8, 4) is 5.75 Å². The van der Waals surface area contributed by atoms with Crippen LogP contribution in [0.25, 0.3) is 0 Å². The molecule has 112 valence electrons. The average Bonchev–Trinajstić information content (AvgIpc) is 2.32. The third kappa shape index (κ3) is 5.43. The second-order valence-electron chi connectivity index (χ2n) is 4.04. The van der Waals surface area contributed by atoms with E-state index in [1.54, 1.807) is 5.32 Å². The van der Waals surface area contributed by atoms with Crippen molar-refractivity contribution in [2.75, 3.05) is 13.2 Å². The number of aliphatic hydroxyl groups excluding tert-OH is 1. The van der Waals surface area contributed by atoms with E-state index in [9.17, 15) is 27.5 Å². The molecule has 1 aromatic rings. The molecule has 2 N–H and O–H groups in total. The van der Waals surface area contributed by atoms with Gasteiger partial charge < -0.3 is 15.2 Å². The lowest BCUT2D eigenvalue weighted by molar-refractivity contribution is -0.139. The first-order chi connectivity index (χ1) is 9.19. The van der Waals surface area contributed by atoms with Crippen LogP contribution in [-0.4, -0.2) is 30.3 Å². The van der Waals surface area contributed by atoms with Crippen LogP contribution in [0.5, 0.6) is 5.75 Å². The highest BCUT2D eigenvalue weighted by molar-refractivity contribution is 5.77. The van der Waals surface area contributed by atoms with E-state index in [-0.39, 0.29) is 11.3 Å². The lowest BCUT2D eigenvalue weighted by atomic mass is 10.1. The van der Waals surface area contributed by atoms with Crippen LogP contribution < -0.4 is 10.1 Å². The van der Waals surface area contributed by atoms with Crippen LogP contribution in [0, 0.1) is 5.82 Å². The zero-order valence-electron chi connectivity index (χ0n) is 10.5. The number of rotatable bonds is 5. The number of nitrogens with one attached hydrogen (secondary N) is 1.